The lowest BCUT2D eigenvalue weighted by atomic mass is 9.58. The minimum atomic E-state index is -1.00. The molecule has 2 amide bonds. The van der Waals surface area contributed by atoms with E-state index in [1.807, 2.05) is 79.7 Å². The molecule has 0 bridgehead atoms. The van der Waals surface area contributed by atoms with Gasteiger partial charge in [0.1, 0.15) is 5.75 Å². The fourth-order valence-corrected chi connectivity index (χ4v) is 7.24. The van der Waals surface area contributed by atoms with Crippen molar-refractivity contribution in [2.75, 3.05) is 10.2 Å². The van der Waals surface area contributed by atoms with Crippen molar-refractivity contribution in [2.24, 2.45) is 17.8 Å². The number of fused-ring (bicyclic) bond motifs is 3. The second-order valence-electron chi connectivity index (χ2n) is 12.2. The summed E-state index contributed by atoms with van der Waals surface area (Å²) in [6.45, 7) is 4.15. The van der Waals surface area contributed by atoms with Crippen LogP contribution in [0.25, 0.3) is 6.08 Å². The van der Waals surface area contributed by atoms with Gasteiger partial charge in [0.2, 0.25) is 11.8 Å². The highest BCUT2D eigenvalue weighted by molar-refractivity contribution is 6.43. The average molecular weight is 591 g/mol. The second kappa shape index (κ2) is 12.8. The van der Waals surface area contributed by atoms with Crippen LogP contribution in [0.5, 0.6) is 5.75 Å². The molecule has 2 fully saturated rings. The first-order chi connectivity index (χ1) is 21.3. The van der Waals surface area contributed by atoms with Crippen LogP contribution >= 0.6 is 0 Å². The zero-order valence-corrected chi connectivity index (χ0v) is 25.3. The van der Waals surface area contributed by atoms with Crippen LogP contribution in [0.15, 0.2) is 95.6 Å². The van der Waals surface area contributed by atoms with E-state index in [2.05, 4.69) is 12.2 Å². The molecule has 2 aliphatic heterocycles. The first-order valence-electron chi connectivity index (χ1n) is 15.6. The Morgan fingerprint density at radius 2 is 1.68 bits per heavy atom. The topological polar surface area (TPSA) is 99.1 Å². The number of hydrogen-bond acceptors (Lipinski definition) is 6. The number of rotatable bonds is 9. The Kier molecular flexibility index (Phi) is 8.73. The number of nitrogens with one attached hydrogen (secondary N) is 1. The number of anilines is 3. The number of hydrogen-bond donors (Lipinski definition) is 3. The molecule has 0 aromatic heterocycles. The van der Waals surface area contributed by atoms with Crippen molar-refractivity contribution in [1.29, 1.82) is 0 Å². The van der Waals surface area contributed by atoms with Gasteiger partial charge in [-0.25, -0.2) is 0 Å². The fraction of sp³-hybridized carbons (Fsp3) is 0.333. The van der Waals surface area contributed by atoms with Crippen molar-refractivity contribution < 1.29 is 24.4 Å². The van der Waals surface area contributed by atoms with Crippen molar-refractivity contribution in [1.82, 2.24) is 0 Å². The van der Waals surface area contributed by atoms with Crippen LogP contribution in [0.2, 0.25) is 6.32 Å². The summed E-state index contributed by atoms with van der Waals surface area (Å²) in [7, 11) is -1.00. The van der Waals surface area contributed by atoms with Crippen molar-refractivity contribution in [3.8, 4) is 5.75 Å². The highest BCUT2D eigenvalue weighted by Crippen LogP contribution is 2.52. The normalized spacial score (nSPS) is 23.6. The van der Waals surface area contributed by atoms with Crippen LogP contribution in [0.4, 0.5) is 17.1 Å². The Morgan fingerprint density at radius 3 is 2.41 bits per heavy atom. The number of benzene rings is 3. The van der Waals surface area contributed by atoms with Gasteiger partial charge < -0.3 is 20.1 Å². The fourth-order valence-electron chi connectivity index (χ4n) is 7.24. The molecule has 6 rings (SSSR count). The first kappa shape index (κ1) is 29.9. The molecule has 226 valence electrons. The largest absolute Gasteiger partial charge is 0.507 e. The van der Waals surface area contributed by atoms with Gasteiger partial charge in [-0.1, -0.05) is 67.0 Å². The summed E-state index contributed by atoms with van der Waals surface area (Å²) >= 11 is 0. The highest BCUT2D eigenvalue weighted by Gasteiger charge is 2.57. The smallest absolute Gasteiger partial charge is 0.455 e. The number of para-hydroxylation sites is 2. The Morgan fingerprint density at radius 1 is 0.977 bits per heavy atom. The number of allylic oxidation sites excluding steroid dienone is 2. The van der Waals surface area contributed by atoms with E-state index in [9.17, 15) is 19.7 Å². The van der Waals surface area contributed by atoms with Gasteiger partial charge in [-0.05, 0) is 92.9 Å². The van der Waals surface area contributed by atoms with E-state index in [1.54, 1.807) is 12.1 Å². The van der Waals surface area contributed by atoms with Crippen molar-refractivity contribution in [3.05, 3.63) is 101 Å². The molecule has 3 aliphatic rings. The Hall–Kier alpha value is -4.14. The number of aromatic hydroxyl groups is 1. The minimum Gasteiger partial charge on any atom is -0.507 e. The van der Waals surface area contributed by atoms with E-state index in [0.29, 0.717) is 31.3 Å². The Labute approximate surface area is 259 Å². The van der Waals surface area contributed by atoms with E-state index >= 15 is 0 Å². The maximum Gasteiger partial charge on any atom is 0.455 e. The molecular weight excluding hydrogens is 551 g/mol. The molecule has 0 unspecified atom stereocenters. The van der Waals surface area contributed by atoms with Crippen molar-refractivity contribution >= 4 is 42.1 Å². The molecule has 0 radical (unpaired) electrons. The number of phenolic OH excluding ortho intramolecular Hbond substituents is 1. The molecule has 3 aromatic carbocycles. The molecule has 8 heteroatoms. The maximum atomic E-state index is 14.1. The highest BCUT2D eigenvalue weighted by atomic mass is 16.5. The zero-order valence-electron chi connectivity index (χ0n) is 25.3. The molecule has 7 nitrogen and oxygen atoms in total. The summed E-state index contributed by atoms with van der Waals surface area (Å²) in [6.07, 6.45) is 5.59. The first-order valence-corrected chi connectivity index (χ1v) is 15.6. The number of nitrogens with zero attached hydrogens (tertiary/aromatic N) is 1. The van der Waals surface area contributed by atoms with E-state index < -0.39 is 19.0 Å². The lowest BCUT2D eigenvalue weighted by molar-refractivity contribution is -0.122. The van der Waals surface area contributed by atoms with Crippen LogP contribution in [-0.4, -0.2) is 35.2 Å². The summed E-state index contributed by atoms with van der Waals surface area (Å²) in [5.41, 5.74) is 6.55. The molecule has 44 heavy (non-hydrogen) atoms. The maximum absolute atomic E-state index is 14.1. The van der Waals surface area contributed by atoms with E-state index in [4.69, 9.17) is 4.65 Å². The molecule has 3 N–H and O–H groups in total. The van der Waals surface area contributed by atoms with E-state index in [0.717, 1.165) is 40.9 Å². The molecule has 0 saturated carbocycles. The van der Waals surface area contributed by atoms with Gasteiger partial charge in [-0.3, -0.25) is 14.5 Å². The number of carbonyl (C=O) groups is 2. The number of imide groups is 1. The van der Waals surface area contributed by atoms with Gasteiger partial charge in [-0.15, -0.1) is 0 Å². The summed E-state index contributed by atoms with van der Waals surface area (Å²) in [4.78, 5) is 29.3. The van der Waals surface area contributed by atoms with Gasteiger partial charge in [0.25, 0.3) is 0 Å². The Bertz CT molecular complexity index is 1590. The quantitative estimate of drug-likeness (QED) is 0.139. The van der Waals surface area contributed by atoms with Crippen LogP contribution in [-0.2, 0) is 14.2 Å². The van der Waals surface area contributed by atoms with Gasteiger partial charge in [0.05, 0.1) is 23.6 Å². The third kappa shape index (κ3) is 5.97. The van der Waals surface area contributed by atoms with Gasteiger partial charge >= 0.3 is 7.12 Å². The molecule has 2 saturated heterocycles. The summed E-state index contributed by atoms with van der Waals surface area (Å²) < 4.78 is 6.15. The summed E-state index contributed by atoms with van der Waals surface area (Å²) in [5, 5.41) is 24.4. The summed E-state index contributed by atoms with van der Waals surface area (Å²) in [6, 6.07) is 24.5. The standard InChI is InChI=1S/C36H39BN2O5/c1-3-9-25-21-29-34(36(42)39(35(29)41)28-17-15-27(16-18-28)38-26-11-5-4-6-12-26)30-22-37(43)44-32(33(25)30)19-14-23(2)20-24-10-7-8-13-31(24)40/h4-8,10-13,15-18,20,29-30,32,34,38,40,43H,3,9,14,19,21-22H2,1-2H3/b23-20+/t29-,30+,32-,34-/m1/s1. The molecule has 2 heterocycles. The lowest BCUT2D eigenvalue weighted by Gasteiger charge is -2.43. The van der Waals surface area contributed by atoms with E-state index in [-0.39, 0.29) is 29.6 Å². The van der Waals surface area contributed by atoms with Crippen LogP contribution in [0.3, 0.4) is 0 Å². The molecule has 0 spiro atoms. The number of amides is 2. The van der Waals surface area contributed by atoms with Crippen LogP contribution in [0, 0.1) is 17.8 Å². The van der Waals surface area contributed by atoms with E-state index in [1.165, 1.54) is 10.5 Å². The summed E-state index contributed by atoms with van der Waals surface area (Å²) in [5.74, 6) is -1.31. The van der Waals surface area contributed by atoms with Gasteiger partial charge in [-0.2, -0.15) is 0 Å². The molecular formula is C36H39BN2O5. The van der Waals surface area contributed by atoms with Crippen LogP contribution < -0.4 is 10.2 Å². The average Bonchev–Trinajstić information content (AvgIpc) is 3.27. The third-order valence-electron chi connectivity index (χ3n) is 9.19. The van der Waals surface area contributed by atoms with Gasteiger partial charge in [0, 0.05) is 16.9 Å². The van der Waals surface area contributed by atoms with Crippen LogP contribution in [0.1, 0.15) is 51.5 Å². The third-order valence-corrected chi connectivity index (χ3v) is 9.19. The SMILES string of the molecule is CCCC1=C2[C@@H](CC/C(C)=C/c3ccccc3O)OB(O)C[C@@H]2[C@@H]2C(=O)N(c3ccc(Nc4ccccc4)cc3)C(=O)[C@@H]2C1. The van der Waals surface area contributed by atoms with Gasteiger partial charge in [0.15, 0.2) is 0 Å². The number of carbonyl (C=O) groups excluding carboxylic acids is 2. The molecule has 1 aliphatic carbocycles. The zero-order chi connectivity index (χ0) is 30.8. The Balaban J connectivity index is 1.24. The predicted molar refractivity (Wildman–Crippen MR) is 174 cm³/mol. The van der Waals surface area contributed by atoms with Crippen molar-refractivity contribution in [2.45, 2.75) is 58.4 Å². The monoisotopic (exact) mass is 590 g/mol. The number of phenols is 1. The molecule has 3 aromatic rings. The van der Waals surface area contributed by atoms with Crippen molar-refractivity contribution in [3.63, 3.8) is 0 Å². The minimum absolute atomic E-state index is 0.157. The second-order valence-corrected chi connectivity index (χ2v) is 12.2. The lowest BCUT2D eigenvalue weighted by Crippen LogP contribution is -2.46. The molecule has 4 atom stereocenters. The predicted octanol–water partition coefficient (Wildman–Crippen LogP) is 7.12.